The smallest absolute Gasteiger partial charge is 0.220 e. The van der Waals surface area contributed by atoms with Crippen LogP contribution in [0.1, 0.15) is 33.0 Å². The van der Waals surface area contributed by atoms with E-state index >= 15 is 0 Å². The molecule has 0 radical (unpaired) electrons. The second kappa shape index (κ2) is 7.76. The van der Waals surface area contributed by atoms with E-state index in [1.165, 1.54) is 0 Å². The van der Waals surface area contributed by atoms with Gasteiger partial charge < -0.3 is 10.6 Å². The van der Waals surface area contributed by atoms with Gasteiger partial charge >= 0.3 is 0 Å². The number of carbonyl (C=O) groups is 2. The van der Waals surface area contributed by atoms with Gasteiger partial charge in [-0.15, -0.1) is 23.7 Å². The van der Waals surface area contributed by atoms with E-state index in [0.717, 1.165) is 35.0 Å². The molecule has 0 saturated carbocycles. The highest BCUT2D eigenvalue weighted by atomic mass is 35.5. The molecule has 6 heteroatoms. The Balaban J connectivity index is 0.00000200. The van der Waals surface area contributed by atoms with Gasteiger partial charge in [0.25, 0.3) is 0 Å². The molecular formula is C14H21ClN2O2S. The number of amides is 1. The number of rotatable bonds is 6. The predicted molar refractivity (Wildman–Crippen MR) is 84.0 cm³/mol. The number of carbonyl (C=O) groups excluding carboxylic acids is 2. The van der Waals surface area contributed by atoms with E-state index < -0.39 is 0 Å². The maximum atomic E-state index is 12.0. The minimum Gasteiger partial charge on any atom is -0.356 e. The van der Waals surface area contributed by atoms with E-state index in [0.29, 0.717) is 12.3 Å². The quantitative estimate of drug-likeness (QED) is 0.790. The van der Waals surface area contributed by atoms with Gasteiger partial charge in [0.1, 0.15) is 0 Å². The third-order valence-electron chi connectivity index (χ3n) is 3.37. The van der Waals surface area contributed by atoms with Crippen LogP contribution < -0.4 is 10.6 Å². The maximum absolute atomic E-state index is 12.0. The van der Waals surface area contributed by atoms with Crippen LogP contribution in [0.5, 0.6) is 0 Å². The van der Waals surface area contributed by atoms with Crippen LogP contribution in [0.15, 0.2) is 6.07 Å². The Hall–Kier alpha value is -0.910. The molecule has 0 aliphatic carbocycles. The largest absolute Gasteiger partial charge is 0.356 e. The van der Waals surface area contributed by atoms with Crippen LogP contribution in [-0.2, 0) is 4.79 Å². The average Bonchev–Trinajstić information content (AvgIpc) is 2.63. The van der Waals surface area contributed by atoms with Crippen molar-refractivity contribution in [1.82, 2.24) is 10.6 Å². The second-order valence-corrected chi connectivity index (χ2v) is 6.54. The molecule has 1 fully saturated rings. The molecule has 20 heavy (non-hydrogen) atoms. The van der Waals surface area contributed by atoms with Crippen molar-refractivity contribution in [3.63, 3.8) is 0 Å². The summed E-state index contributed by atoms with van der Waals surface area (Å²) in [6.07, 6.45) is 0.582. The topological polar surface area (TPSA) is 58.2 Å². The van der Waals surface area contributed by atoms with Crippen LogP contribution in [0.2, 0.25) is 0 Å². The van der Waals surface area contributed by atoms with Crippen LogP contribution in [0.3, 0.4) is 0 Å². The molecule has 1 aliphatic rings. The number of hydrogen-bond acceptors (Lipinski definition) is 4. The molecule has 1 aromatic rings. The number of ketones is 1. The normalized spacial score (nSPS) is 14.3. The Morgan fingerprint density at radius 3 is 2.55 bits per heavy atom. The Labute approximate surface area is 129 Å². The SMILES string of the molecule is Cc1cc(C(=O)CCC(=O)NCC2CNC2)c(C)s1.Cl. The fourth-order valence-corrected chi connectivity index (χ4v) is 3.05. The van der Waals surface area contributed by atoms with Gasteiger partial charge in [-0.3, -0.25) is 9.59 Å². The Morgan fingerprint density at radius 1 is 1.35 bits per heavy atom. The number of nitrogens with one attached hydrogen (secondary N) is 2. The molecule has 1 saturated heterocycles. The van der Waals surface area contributed by atoms with E-state index in [4.69, 9.17) is 0 Å². The maximum Gasteiger partial charge on any atom is 0.220 e. The van der Waals surface area contributed by atoms with Crippen LogP contribution in [0.25, 0.3) is 0 Å². The van der Waals surface area contributed by atoms with Gasteiger partial charge in [0.05, 0.1) is 0 Å². The average molecular weight is 317 g/mol. The molecule has 1 aliphatic heterocycles. The number of aryl methyl sites for hydroxylation is 2. The third-order valence-corrected chi connectivity index (χ3v) is 4.34. The second-order valence-electron chi connectivity index (χ2n) is 5.08. The zero-order valence-corrected chi connectivity index (χ0v) is 13.5. The summed E-state index contributed by atoms with van der Waals surface area (Å²) in [4.78, 5) is 25.8. The summed E-state index contributed by atoms with van der Waals surface area (Å²) < 4.78 is 0. The van der Waals surface area contributed by atoms with E-state index in [1.807, 2.05) is 19.9 Å². The van der Waals surface area contributed by atoms with Crippen LogP contribution in [0, 0.1) is 19.8 Å². The molecule has 112 valence electrons. The van der Waals surface area contributed by atoms with Gasteiger partial charge in [-0.05, 0) is 19.9 Å². The molecular weight excluding hydrogens is 296 g/mol. The van der Waals surface area contributed by atoms with Crippen molar-refractivity contribution in [2.75, 3.05) is 19.6 Å². The number of hydrogen-bond donors (Lipinski definition) is 2. The fourth-order valence-electron chi connectivity index (χ4n) is 2.11. The summed E-state index contributed by atoms with van der Waals surface area (Å²) in [6, 6.07) is 1.92. The van der Waals surface area contributed by atoms with Crippen molar-refractivity contribution in [2.24, 2.45) is 5.92 Å². The van der Waals surface area contributed by atoms with Gasteiger partial charge in [-0.25, -0.2) is 0 Å². The number of halogens is 1. The van der Waals surface area contributed by atoms with E-state index in [1.54, 1.807) is 11.3 Å². The molecule has 0 bridgehead atoms. The van der Waals surface area contributed by atoms with Gasteiger partial charge in [0.2, 0.25) is 5.91 Å². The standard InChI is InChI=1S/C14H20N2O2S.ClH/c1-9-5-12(10(2)19-9)13(17)3-4-14(18)16-8-11-6-15-7-11;/h5,11,15H,3-4,6-8H2,1-2H3,(H,16,18);1H. The van der Waals surface area contributed by atoms with Crippen LogP contribution in [0.4, 0.5) is 0 Å². The Kier molecular flexibility index (Phi) is 6.65. The van der Waals surface area contributed by atoms with Crippen molar-refractivity contribution >= 4 is 35.4 Å². The third kappa shape index (κ3) is 4.58. The highest BCUT2D eigenvalue weighted by Gasteiger charge is 2.18. The summed E-state index contributed by atoms with van der Waals surface area (Å²) in [5.74, 6) is 0.605. The van der Waals surface area contributed by atoms with Crippen molar-refractivity contribution in [1.29, 1.82) is 0 Å². The minimum absolute atomic E-state index is 0. The molecule has 2 N–H and O–H groups in total. The van der Waals surface area contributed by atoms with E-state index in [-0.39, 0.29) is 30.5 Å². The molecule has 2 rings (SSSR count). The molecule has 4 nitrogen and oxygen atoms in total. The van der Waals surface area contributed by atoms with Crippen molar-refractivity contribution in [3.05, 3.63) is 21.4 Å². The summed E-state index contributed by atoms with van der Waals surface area (Å²) >= 11 is 1.63. The van der Waals surface area contributed by atoms with Crippen LogP contribution >= 0.6 is 23.7 Å². The molecule has 0 atom stereocenters. The van der Waals surface area contributed by atoms with Gasteiger partial charge in [0.15, 0.2) is 5.78 Å². The predicted octanol–water partition coefficient (Wildman–Crippen LogP) is 2.09. The first kappa shape index (κ1) is 17.1. The monoisotopic (exact) mass is 316 g/mol. The van der Waals surface area contributed by atoms with Gasteiger partial charge in [-0.1, -0.05) is 0 Å². The minimum atomic E-state index is -0.0233. The zero-order valence-electron chi connectivity index (χ0n) is 11.8. The van der Waals surface area contributed by atoms with E-state index in [9.17, 15) is 9.59 Å². The lowest BCUT2D eigenvalue weighted by Gasteiger charge is -2.27. The molecule has 0 unspecified atom stereocenters. The molecule has 1 amide bonds. The highest BCUT2D eigenvalue weighted by molar-refractivity contribution is 7.12. The molecule has 0 spiro atoms. The Bertz CT molecular complexity index is 484. The summed E-state index contributed by atoms with van der Waals surface area (Å²) in [5.41, 5.74) is 0.776. The van der Waals surface area contributed by atoms with Crippen molar-refractivity contribution < 1.29 is 9.59 Å². The summed E-state index contributed by atoms with van der Waals surface area (Å²) in [5, 5.41) is 6.04. The van der Waals surface area contributed by atoms with Crippen LogP contribution in [-0.4, -0.2) is 31.3 Å². The van der Waals surface area contributed by atoms with Gasteiger partial charge in [-0.2, -0.15) is 0 Å². The van der Waals surface area contributed by atoms with Crippen molar-refractivity contribution in [2.45, 2.75) is 26.7 Å². The van der Waals surface area contributed by atoms with Crippen molar-refractivity contribution in [3.8, 4) is 0 Å². The first-order valence-electron chi connectivity index (χ1n) is 6.64. The highest BCUT2D eigenvalue weighted by Crippen LogP contribution is 2.22. The lowest BCUT2D eigenvalue weighted by molar-refractivity contribution is -0.121. The Morgan fingerprint density at radius 2 is 2.05 bits per heavy atom. The number of Topliss-reactive ketones (excluding diaryl/α,β-unsaturated/α-hetero) is 1. The van der Waals surface area contributed by atoms with Gasteiger partial charge in [0, 0.05) is 53.7 Å². The first-order chi connectivity index (χ1) is 9.06. The molecule has 1 aromatic heterocycles. The zero-order chi connectivity index (χ0) is 13.8. The fraction of sp³-hybridized carbons (Fsp3) is 0.571. The summed E-state index contributed by atoms with van der Waals surface area (Å²) in [6.45, 7) is 6.62. The molecule has 0 aromatic carbocycles. The lowest BCUT2D eigenvalue weighted by atomic mass is 10.0. The number of thiophene rings is 1. The first-order valence-corrected chi connectivity index (χ1v) is 7.45. The molecule has 2 heterocycles. The lowest BCUT2D eigenvalue weighted by Crippen LogP contribution is -2.48. The van der Waals surface area contributed by atoms with E-state index in [2.05, 4.69) is 10.6 Å². The summed E-state index contributed by atoms with van der Waals surface area (Å²) in [7, 11) is 0.